The van der Waals surface area contributed by atoms with E-state index in [9.17, 15) is 14.7 Å². The predicted octanol–water partition coefficient (Wildman–Crippen LogP) is 2.08. The van der Waals surface area contributed by atoms with Gasteiger partial charge in [-0.05, 0) is 26.0 Å². The van der Waals surface area contributed by atoms with E-state index in [2.05, 4.69) is 0 Å². The molecule has 1 N–H and O–H groups in total. The Kier molecular flexibility index (Phi) is 3.01. The minimum Gasteiger partial charge on any atom is -0.390 e. The lowest BCUT2D eigenvalue weighted by atomic mass is 9.77. The van der Waals surface area contributed by atoms with Crippen LogP contribution >= 0.6 is 0 Å². The van der Waals surface area contributed by atoms with Crippen molar-refractivity contribution in [2.45, 2.75) is 33.3 Å². The van der Waals surface area contributed by atoms with Crippen LogP contribution < -0.4 is 0 Å². The molecular formula is C15H19NO3. The van der Waals surface area contributed by atoms with E-state index in [1.807, 2.05) is 13.8 Å². The molecule has 2 amide bonds. The second kappa shape index (κ2) is 4.17. The quantitative estimate of drug-likeness (QED) is 0.847. The molecule has 0 unspecified atom stereocenters. The summed E-state index contributed by atoms with van der Waals surface area (Å²) in [5.74, 6) is -0.559. The minimum absolute atomic E-state index is 0.197. The molecule has 0 atom stereocenters. The van der Waals surface area contributed by atoms with Gasteiger partial charge in [-0.1, -0.05) is 26.0 Å². The van der Waals surface area contributed by atoms with Crippen LogP contribution in [0.4, 0.5) is 0 Å². The molecule has 1 aliphatic rings. The number of imide groups is 1. The maximum atomic E-state index is 12.2. The molecule has 4 heteroatoms. The molecule has 0 radical (unpaired) electrons. The Hall–Kier alpha value is -1.68. The number of hydrogen-bond donors (Lipinski definition) is 1. The summed E-state index contributed by atoms with van der Waals surface area (Å²) >= 11 is 0. The molecule has 1 aromatic rings. The number of hydrogen-bond acceptors (Lipinski definition) is 3. The lowest BCUT2D eigenvalue weighted by molar-refractivity contribution is -0.0445. The number of carbonyl (C=O) groups excluding carboxylic acids is 2. The summed E-state index contributed by atoms with van der Waals surface area (Å²) in [5, 5.41) is 10.1. The van der Waals surface area contributed by atoms with Gasteiger partial charge in [-0.3, -0.25) is 14.5 Å². The Balaban J connectivity index is 2.31. The fourth-order valence-electron chi connectivity index (χ4n) is 1.97. The highest BCUT2D eigenvalue weighted by Crippen LogP contribution is 2.34. The van der Waals surface area contributed by atoms with Gasteiger partial charge in [-0.15, -0.1) is 0 Å². The van der Waals surface area contributed by atoms with Gasteiger partial charge in [0, 0.05) is 12.0 Å². The monoisotopic (exact) mass is 261 g/mol. The zero-order chi connectivity index (χ0) is 14.4. The first-order valence-electron chi connectivity index (χ1n) is 6.33. The predicted molar refractivity (Wildman–Crippen MR) is 71.9 cm³/mol. The molecule has 2 rings (SSSR count). The number of benzene rings is 1. The molecule has 4 nitrogen and oxygen atoms in total. The van der Waals surface area contributed by atoms with Crippen molar-refractivity contribution in [2.75, 3.05) is 6.54 Å². The second-order valence-corrected chi connectivity index (χ2v) is 6.18. The first-order valence-corrected chi connectivity index (χ1v) is 6.33. The average Bonchev–Trinajstić information content (AvgIpc) is 2.54. The molecule has 0 saturated carbocycles. The average molecular weight is 261 g/mol. The van der Waals surface area contributed by atoms with Gasteiger partial charge in [0.05, 0.1) is 16.7 Å². The van der Waals surface area contributed by atoms with Gasteiger partial charge in [0.1, 0.15) is 0 Å². The number of nitrogens with zero attached hydrogens (tertiary/aromatic N) is 1. The van der Waals surface area contributed by atoms with Crippen molar-refractivity contribution in [3.05, 3.63) is 35.4 Å². The smallest absolute Gasteiger partial charge is 0.261 e. The fourth-order valence-corrected chi connectivity index (χ4v) is 1.97. The molecule has 0 saturated heterocycles. The summed E-state index contributed by atoms with van der Waals surface area (Å²) in [4.78, 5) is 25.7. The highest BCUT2D eigenvalue weighted by molar-refractivity contribution is 6.21. The minimum atomic E-state index is -0.984. The first-order chi connectivity index (χ1) is 8.65. The van der Waals surface area contributed by atoms with Crippen LogP contribution in [-0.4, -0.2) is 34.0 Å². The summed E-state index contributed by atoms with van der Waals surface area (Å²) < 4.78 is 0. The van der Waals surface area contributed by atoms with E-state index >= 15 is 0 Å². The van der Waals surface area contributed by atoms with E-state index in [4.69, 9.17) is 0 Å². The van der Waals surface area contributed by atoms with Crippen molar-refractivity contribution in [1.29, 1.82) is 0 Å². The Morgan fingerprint density at radius 3 is 1.79 bits per heavy atom. The third kappa shape index (κ3) is 2.16. The fraction of sp³-hybridized carbons (Fsp3) is 0.467. The van der Waals surface area contributed by atoms with Crippen LogP contribution in [0.5, 0.6) is 0 Å². The van der Waals surface area contributed by atoms with Gasteiger partial charge in [-0.25, -0.2) is 0 Å². The van der Waals surface area contributed by atoms with Crippen molar-refractivity contribution in [2.24, 2.45) is 5.41 Å². The van der Waals surface area contributed by atoms with Gasteiger partial charge in [-0.2, -0.15) is 0 Å². The van der Waals surface area contributed by atoms with E-state index < -0.39 is 11.0 Å². The van der Waals surface area contributed by atoms with Gasteiger partial charge < -0.3 is 5.11 Å². The number of fused-ring (bicyclic) bond motifs is 1. The lowest BCUT2D eigenvalue weighted by Crippen LogP contribution is -2.48. The van der Waals surface area contributed by atoms with Crippen molar-refractivity contribution >= 4 is 11.8 Å². The summed E-state index contributed by atoms with van der Waals surface area (Å²) in [6.07, 6.45) is 0. The van der Waals surface area contributed by atoms with E-state index in [1.54, 1.807) is 38.1 Å². The van der Waals surface area contributed by atoms with Crippen molar-refractivity contribution in [3.63, 3.8) is 0 Å². The van der Waals surface area contributed by atoms with Crippen LogP contribution in [0, 0.1) is 5.41 Å². The highest BCUT2D eigenvalue weighted by Gasteiger charge is 2.43. The molecule has 1 aromatic carbocycles. The van der Waals surface area contributed by atoms with Gasteiger partial charge >= 0.3 is 0 Å². The highest BCUT2D eigenvalue weighted by atomic mass is 16.3. The van der Waals surface area contributed by atoms with E-state index in [1.165, 1.54) is 4.90 Å². The van der Waals surface area contributed by atoms with Crippen LogP contribution in [0.3, 0.4) is 0 Å². The first kappa shape index (κ1) is 13.7. The van der Waals surface area contributed by atoms with Gasteiger partial charge in [0.2, 0.25) is 0 Å². The molecule has 0 aromatic heterocycles. The van der Waals surface area contributed by atoms with Crippen LogP contribution in [0.1, 0.15) is 48.4 Å². The molecule has 0 bridgehead atoms. The van der Waals surface area contributed by atoms with Gasteiger partial charge in [0.25, 0.3) is 11.8 Å². The second-order valence-electron chi connectivity index (χ2n) is 6.18. The summed E-state index contributed by atoms with van der Waals surface area (Å²) in [6.45, 7) is 7.26. The molecule has 1 heterocycles. The Morgan fingerprint density at radius 1 is 1.00 bits per heavy atom. The van der Waals surface area contributed by atoms with Crippen LogP contribution in [-0.2, 0) is 0 Å². The number of amides is 2. The molecule has 0 spiro atoms. The van der Waals surface area contributed by atoms with E-state index in [0.717, 1.165) is 0 Å². The summed E-state index contributed by atoms with van der Waals surface area (Å²) in [5.41, 5.74) is -0.680. The molecular weight excluding hydrogens is 242 g/mol. The van der Waals surface area contributed by atoms with E-state index in [0.29, 0.717) is 11.1 Å². The molecule has 102 valence electrons. The zero-order valence-electron chi connectivity index (χ0n) is 11.7. The zero-order valence-corrected chi connectivity index (χ0v) is 11.7. The summed E-state index contributed by atoms with van der Waals surface area (Å²) in [6, 6.07) is 6.81. The molecule has 1 aliphatic heterocycles. The van der Waals surface area contributed by atoms with E-state index in [-0.39, 0.29) is 18.4 Å². The third-order valence-corrected chi connectivity index (χ3v) is 4.09. The maximum Gasteiger partial charge on any atom is 0.261 e. The SMILES string of the molecule is CC(C)(O)C(C)(C)CN1C(=O)c2ccccc2C1=O. The normalized spacial score (nSPS) is 15.9. The largest absolute Gasteiger partial charge is 0.390 e. The standard InChI is InChI=1S/C15H19NO3/c1-14(2,15(3,4)19)9-16-12(17)10-7-5-6-8-11(10)13(16)18/h5-8,19H,9H2,1-4H3. The third-order valence-electron chi connectivity index (χ3n) is 4.09. The van der Waals surface area contributed by atoms with Crippen molar-refractivity contribution in [3.8, 4) is 0 Å². The molecule has 0 fully saturated rings. The molecule has 19 heavy (non-hydrogen) atoms. The lowest BCUT2D eigenvalue weighted by Gasteiger charge is -2.39. The number of rotatable bonds is 3. The van der Waals surface area contributed by atoms with Crippen LogP contribution in [0.2, 0.25) is 0 Å². The van der Waals surface area contributed by atoms with Crippen LogP contribution in [0.15, 0.2) is 24.3 Å². The number of carbonyl (C=O) groups is 2. The van der Waals surface area contributed by atoms with Crippen molar-refractivity contribution < 1.29 is 14.7 Å². The summed E-state index contributed by atoms with van der Waals surface area (Å²) in [7, 11) is 0. The Labute approximate surface area is 113 Å². The topological polar surface area (TPSA) is 57.6 Å². The number of aliphatic hydroxyl groups is 1. The Bertz CT molecular complexity index is 506. The molecule has 0 aliphatic carbocycles. The Morgan fingerprint density at radius 2 is 1.42 bits per heavy atom. The van der Waals surface area contributed by atoms with Crippen molar-refractivity contribution in [1.82, 2.24) is 4.90 Å². The van der Waals surface area contributed by atoms with Gasteiger partial charge in [0.15, 0.2) is 0 Å². The maximum absolute atomic E-state index is 12.2. The van der Waals surface area contributed by atoms with Crippen LogP contribution in [0.25, 0.3) is 0 Å².